The molecule has 1 atom stereocenters. The molecule has 1 aromatic carbocycles. The highest BCUT2D eigenvalue weighted by Gasteiger charge is 2.39. The first-order valence-corrected chi connectivity index (χ1v) is 8.26. The first-order valence-electron chi connectivity index (χ1n) is 8.26. The van der Waals surface area contributed by atoms with Crippen LogP contribution in [0, 0.1) is 0 Å². The highest BCUT2D eigenvalue weighted by molar-refractivity contribution is 5.86. The normalized spacial score (nSPS) is 16.8. The minimum Gasteiger partial charge on any atom is -0.480 e. The Morgan fingerprint density at radius 3 is 2.42 bits per heavy atom. The molecule has 0 spiro atoms. The first kappa shape index (κ1) is 19.2. The minimum absolute atomic E-state index is 0.000792. The van der Waals surface area contributed by atoms with Crippen molar-refractivity contribution in [2.75, 3.05) is 13.1 Å². The van der Waals surface area contributed by atoms with Crippen LogP contribution in [0.2, 0.25) is 0 Å². The summed E-state index contributed by atoms with van der Waals surface area (Å²) in [5, 5.41) is 22.6. The van der Waals surface area contributed by atoms with E-state index in [-0.39, 0.29) is 38.3 Å². The summed E-state index contributed by atoms with van der Waals surface area (Å²) in [7, 11) is 0. The van der Waals surface area contributed by atoms with Crippen molar-refractivity contribution in [2.24, 2.45) is 0 Å². The fraction of sp³-hybridized carbons (Fsp3) is 0.412. The molecule has 1 aliphatic heterocycles. The molecule has 140 valence electrons. The molecule has 0 radical (unpaired) electrons. The van der Waals surface area contributed by atoms with Crippen molar-refractivity contribution in [2.45, 2.75) is 31.7 Å². The van der Waals surface area contributed by atoms with E-state index in [9.17, 15) is 29.4 Å². The Morgan fingerprint density at radius 1 is 1.12 bits per heavy atom. The molecule has 1 fully saturated rings. The zero-order valence-electron chi connectivity index (χ0n) is 14.1. The van der Waals surface area contributed by atoms with Gasteiger partial charge in [-0.15, -0.1) is 0 Å². The average molecular weight is 363 g/mol. The van der Waals surface area contributed by atoms with Gasteiger partial charge in [0.2, 0.25) is 11.8 Å². The molecule has 2 rings (SSSR count). The predicted octanol–water partition coefficient (Wildman–Crippen LogP) is 0.706. The highest BCUT2D eigenvalue weighted by atomic mass is 16.4. The van der Waals surface area contributed by atoms with Gasteiger partial charge in [-0.1, -0.05) is 30.3 Å². The van der Waals surface area contributed by atoms with Crippen LogP contribution >= 0.6 is 0 Å². The number of carbonyl (C=O) groups excluding carboxylic acids is 2. The van der Waals surface area contributed by atoms with Gasteiger partial charge in [0.1, 0.15) is 0 Å². The van der Waals surface area contributed by atoms with Gasteiger partial charge in [-0.2, -0.15) is 0 Å². The maximum absolute atomic E-state index is 12.4. The van der Waals surface area contributed by atoms with Crippen molar-refractivity contribution in [3.05, 3.63) is 35.9 Å². The van der Waals surface area contributed by atoms with Gasteiger partial charge in [0.15, 0.2) is 6.04 Å². The van der Waals surface area contributed by atoms with Gasteiger partial charge in [-0.3, -0.25) is 9.59 Å². The average Bonchev–Trinajstić information content (AvgIpc) is 2.61. The standard InChI is InChI=1S/C17H21N3O6/c21-14(11-12-5-2-1-3-6-12)18-9-8-15(22)20-13(16(23)24)7-4-10-19(20)17(25)26/h1-3,5-6,13H,4,7-11H2,(H,18,21)(H,23,24)(H,25,26)/t13-/m0/s1. The molecule has 0 aromatic heterocycles. The molecule has 3 N–H and O–H groups in total. The number of amides is 3. The molecule has 0 saturated carbocycles. The van der Waals surface area contributed by atoms with E-state index in [2.05, 4.69) is 5.32 Å². The number of carboxylic acid groups (broad SMARTS) is 2. The van der Waals surface area contributed by atoms with Crippen molar-refractivity contribution >= 4 is 23.9 Å². The fourth-order valence-electron chi connectivity index (χ4n) is 2.82. The van der Waals surface area contributed by atoms with E-state index in [1.165, 1.54) is 0 Å². The van der Waals surface area contributed by atoms with Crippen molar-refractivity contribution < 1.29 is 29.4 Å². The highest BCUT2D eigenvalue weighted by Crippen LogP contribution is 2.20. The summed E-state index contributed by atoms with van der Waals surface area (Å²) in [5.74, 6) is -2.18. The molecule has 3 amide bonds. The predicted molar refractivity (Wildman–Crippen MR) is 90.0 cm³/mol. The third kappa shape index (κ3) is 4.95. The molecular formula is C17H21N3O6. The Morgan fingerprint density at radius 2 is 1.81 bits per heavy atom. The number of nitrogens with zero attached hydrogens (tertiary/aromatic N) is 2. The second kappa shape index (κ2) is 8.84. The quantitative estimate of drug-likeness (QED) is 0.683. The third-order valence-corrected chi connectivity index (χ3v) is 4.03. The molecule has 0 aliphatic carbocycles. The van der Waals surface area contributed by atoms with Gasteiger partial charge < -0.3 is 15.5 Å². The van der Waals surface area contributed by atoms with Crippen LogP contribution in [0.5, 0.6) is 0 Å². The third-order valence-electron chi connectivity index (χ3n) is 4.03. The largest absolute Gasteiger partial charge is 0.480 e. The summed E-state index contributed by atoms with van der Waals surface area (Å²) in [6.45, 7) is 0.0615. The van der Waals surface area contributed by atoms with E-state index in [1.807, 2.05) is 18.2 Å². The van der Waals surface area contributed by atoms with E-state index in [4.69, 9.17) is 0 Å². The van der Waals surface area contributed by atoms with Crippen LogP contribution in [-0.2, 0) is 20.8 Å². The smallest absolute Gasteiger partial charge is 0.426 e. The lowest BCUT2D eigenvalue weighted by Crippen LogP contribution is -2.60. The lowest BCUT2D eigenvalue weighted by atomic mass is 10.1. The summed E-state index contributed by atoms with van der Waals surface area (Å²) in [6.07, 6.45) is -0.852. The van der Waals surface area contributed by atoms with E-state index in [0.717, 1.165) is 15.6 Å². The van der Waals surface area contributed by atoms with Gasteiger partial charge in [0.25, 0.3) is 0 Å². The van der Waals surface area contributed by atoms with Crippen LogP contribution in [0.4, 0.5) is 4.79 Å². The lowest BCUT2D eigenvalue weighted by Gasteiger charge is -2.40. The van der Waals surface area contributed by atoms with E-state index >= 15 is 0 Å². The number of carboxylic acids is 1. The Hall–Kier alpha value is -3.10. The molecule has 1 aliphatic rings. The second-order valence-corrected chi connectivity index (χ2v) is 5.90. The van der Waals surface area contributed by atoms with Crippen LogP contribution in [0.3, 0.4) is 0 Å². The number of rotatable bonds is 6. The van der Waals surface area contributed by atoms with E-state index in [0.29, 0.717) is 6.42 Å². The van der Waals surface area contributed by atoms with Crippen LogP contribution in [0.25, 0.3) is 0 Å². The number of hydrogen-bond acceptors (Lipinski definition) is 4. The number of benzene rings is 1. The molecule has 9 nitrogen and oxygen atoms in total. The fourth-order valence-corrected chi connectivity index (χ4v) is 2.82. The van der Waals surface area contributed by atoms with Crippen molar-refractivity contribution in [1.29, 1.82) is 0 Å². The number of nitrogens with one attached hydrogen (secondary N) is 1. The van der Waals surface area contributed by atoms with Crippen molar-refractivity contribution in [1.82, 2.24) is 15.3 Å². The van der Waals surface area contributed by atoms with Gasteiger partial charge in [0.05, 0.1) is 6.42 Å². The summed E-state index contributed by atoms with van der Waals surface area (Å²) in [6, 6.07) is 7.87. The van der Waals surface area contributed by atoms with Gasteiger partial charge in [0, 0.05) is 19.5 Å². The van der Waals surface area contributed by atoms with E-state index in [1.54, 1.807) is 12.1 Å². The van der Waals surface area contributed by atoms with Gasteiger partial charge in [-0.05, 0) is 18.4 Å². The van der Waals surface area contributed by atoms with Crippen LogP contribution in [-0.4, -0.2) is 63.2 Å². The SMILES string of the molecule is O=C(Cc1ccccc1)NCCC(=O)N1[C@H](C(=O)O)CCCN1C(=O)O. The number of carbonyl (C=O) groups is 4. The zero-order valence-corrected chi connectivity index (χ0v) is 14.1. The van der Waals surface area contributed by atoms with Crippen LogP contribution in [0.1, 0.15) is 24.8 Å². The van der Waals surface area contributed by atoms with E-state index < -0.39 is 24.0 Å². The minimum atomic E-state index is -1.38. The van der Waals surface area contributed by atoms with Gasteiger partial charge in [-0.25, -0.2) is 19.6 Å². The monoisotopic (exact) mass is 363 g/mol. The summed E-state index contributed by atoms with van der Waals surface area (Å²) >= 11 is 0. The maximum Gasteiger partial charge on any atom is 0.426 e. The van der Waals surface area contributed by atoms with Crippen LogP contribution in [0.15, 0.2) is 30.3 Å². The zero-order chi connectivity index (χ0) is 19.1. The number of hydrogen-bond donors (Lipinski definition) is 3. The number of hydrazine groups is 1. The second-order valence-electron chi connectivity index (χ2n) is 5.90. The first-order chi connectivity index (χ1) is 12.4. The molecule has 0 unspecified atom stereocenters. The molecule has 1 saturated heterocycles. The molecule has 1 heterocycles. The van der Waals surface area contributed by atoms with Gasteiger partial charge >= 0.3 is 12.1 Å². The molecule has 0 bridgehead atoms. The Kier molecular flexibility index (Phi) is 6.54. The Bertz CT molecular complexity index is 656. The van der Waals surface area contributed by atoms with Crippen molar-refractivity contribution in [3.8, 4) is 0 Å². The molecular weight excluding hydrogens is 342 g/mol. The molecule has 9 heteroatoms. The van der Waals surface area contributed by atoms with Crippen LogP contribution < -0.4 is 5.32 Å². The number of aliphatic carboxylic acids is 1. The Labute approximate surface area is 150 Å². The summed E-state index contributed by atoms with van der Waals surface area (Å²) in [5.41, 5.74) is 0.829. The summed E-state index contributed by atoms with van der Waals surface area (Å²) in [4.78, 5) is 46.9. The lowest BCUT2D eigenvalue weighted by molar-refractivity contribution is -0.169. The summed E-state index contributed by atoms with van der Waals surface area (Å²) < 4.78 is 0. The van der Waals surface area contributed by atoms with Crippen molar-refractivity contribution in [3.63, 3.8) is 0 Å². The molecule has 1 aromatic rings. The molecule has 26 heavy (non-hydrogen) atoms. The Balaban J connectivity index is 1.90. The maximum atomic E-state index is 12.4. The topological polar surface area (TPSA) is 127 Å².